The van der Waals surface area contributed by atoms with E-state index >= 15 is 0 Å². The Labute approximate surface area is 140 Å². The molecule has 3 N–H and O–H groups in total. The molecule has 1 saturated carbocycles. The van der Waals surface area contributed by atoms with E-state index in [1.807, 2.05) is 20.8 Å². The zero-order valence-corrected chi connectivity index (χ0v) is 15.4. The molecule has 0 unspecified atom stereocenters. The first-order chi connectivity index (χ1) is 10.8. The van der Waals surface area contributed by atoms with Crippen LogP contribution >= 0.6 is 0 Å². The predicted octanol–water partition coefficient (Wildman–Crippen LogP) is 2.65. The molecule has 6 heteroatoms. The number of nitrogens with zero attached hydrogens (tertiary/aromatic N) is 1. The number of aliphatic imine (C=N–C) groups is 1. The second kappa shape index (κ2) is 8.99. The Morgan fingerprint density at radius 2 is 1.78 bits per heavy atom. The van der Waals surface area contributed by atoms with Crippen LogP contribution in [0.1, 0.15) is 60.3 Å². The smallest absolute Gasteiger partial charge is 0.407 e. The van der Waals surface area contributed by atoms with E-state index in [9.17, 15) is 4.79 Å². The molecule has 0 spiro atoms. The molecule has 1 aliphatic rings. The van der Waals surface area contributed by atoms with Crippen LogP contribution in [0.4, 0.5) is 4.79 Å². The highest BCUT2D eigenvalue weighted by atomic mass is 16.6. The van der Waals surface area contributed by atoms with E-state index in [2.05, 4.69) is 29.8 Å². The fourth-order valence-electron chi connectivity index (χ4n) is 2.55. The van der Waals surface area contributed by atoms with Crippen molar-refractivity contribution in [2.75, 3.05) is 26.2 Å². The Morgan fingerprint density at radius 3 is 2.26 bits per heavy atom. The molecule has 0 heterocycles. The van der Waals surface area contributed by atoms with Gasteiger partial charge in [-0.15, -0.1) is 0 Å². The first-order valence-electron chi connectivity index (χ1n) is 8.79. The molecular formula is C17H34N4O2. The summed E-state index contributed by atoms with van der Waals surface area (Å²) in [6.45, 7) is 12.7. The molecule has 0 radical (unpaired) electrons. The van der Waals surface area contributed by atoms with Crippen molar-refractivity contribution in [2.24, 2.45) is 10.4 Å². The molecule has 0 aliphatic heterocycles. The first kappa shape index (κ1) is 19.6. The van der Waals surface area contributed by atoms with Crippen molar-refractivity contribution in [1.82, 2.24) is 16.0 Å². The van der Waals surface area contributed by atoms with Crippen molar-refractivity contribution >= 4 is 12.1 Å². The molecule has 1 rings (SSSR count). The summed E-state index contributed by atoms with van der Waals surface area (Å²) in [7, 11) is 0. The van der Waals surface area contributed by atoms with Gasteiger partial charge in [-0.2, -0.15) is 0 Å². The molecular weight excluding hydrogens is 292 g/mol. The zero-order chi connectivity index (χ0) is 17.3. The van der Waals surface area contributed by atoms with Gasteiger partial charge in [0.25, 0.3) is 0 Å². The predicted molar refractivity (Wildman–Crippen MR) is 94.8 cm³/mol. The molecule has 134 valence electrons. The van der Waals surface area contributed by atoms with Crippen LogP contribution in [0, 0.1) is 5.41 Å². The van der Waals surface area contributed by atoms with E-state index in [4.69, 9.17) is 9.73 Å². The van der Waals surface area contributed by atoms with Crippen LogP contribution in [0.2, 0.25) is 0 Å². The molecule has 0 aromatic carbocycles. The van der Waals surface area contributed by atoms with Crippen molar-refractivity contribution in [3.63, 3.8) is 0 Å². The van der Waals surface area contributed by atoms with Gasteiger partial charge in [0.05, 0.1) is 0 Å². The minimum Gasteiger partial charge on any atom is -0.444 e. The van der Waals surface area contributed by atoms with Gasteiger partial charge in [-0.3, -0.25) is 4.99 Å². The maximum Gasteiger partial charge on any atom is 0.407 e. The van der Waals surface area contributed by atoms with Gasteiger partial charge in [0, 0.05) is 26.2 Å². The van der Waals surface area contributed by atoms with Crippen molar-refractivity contribution in [1.29, 1.82) is 0 Å². The maximum absolute atomic E-state index is 11.6. The minimum atomic E-state index is -0.467. The Hall–Kier alpha value is -1.46. The van der Waals surface area contributed by atoms with Gasteiger partial charge in [0.2, 0.25) is 0 Å². The summed E-state index contributed by atoms with van der Waals surface area (Å²) in [6, 6.07) is 0. The van der Waals surface area contributed by atoms with Crippen LogP contribution in [0.25, 0.3) is 0 Å². The summed E-state index contributed by atoms with van der Waals surface area (Å²) in [4.78, 5) is 16.3. The quantitative estimate of drug-likeness (QED) is 0.382. The van der Waals surface area contributed by atoms with Crippen LogP contribution in [0.3, 0.4) is 0 Å². The van der Waals surface area contributed by atoms with Crippen LogP contribution in [-0.2, 0) is 4.74 Å². The van der Waals surface area contributed by atoms with Gasteiger partial charge in [0.15, 0.2) is 5.96 Å². The van der Waals surface area contributed by atoms with Crippen LogP contribution in [0.5, 0.6) is 0 Å². The van der Waals surface area contributed by atoms with Crippen molar-refractivity contribution in [2.45, 2.75) is 65.9 Å². The van der Waals surface area contributed by atoms with Gasteiger partial charge in [0.1, 0.15) is 5.60 Å². The van der Waals surface area contributed by atoms with E-state index in [0.29, 0.717) is 18.5 Å². The number of rotatable bonds is 7. The molecule has 23 heavy (non-hydrogen) atoms. The Bertz CT molecular complexity index is 392. The molecule has 0 atom stereocenters. The molecule has 6 nitrogen and oxygen atoms in total. The number of ether oxygens (including phenoxy) is 1. The third kappa shape index (κ3) is 7.57. The van der Waals surface area contributed by atoms with Crippen molar-refractivity contribution in [3.8, 4) is 0 Å². The standard InChI is InChI=1S/C17H34N4O2/c1-6-17(9-8-10-17)13-21-14(18-7-2)19-11-12-20-15(22)23-16(3,4)5/h6-13H2,1-5H3,(H,20,22)(H2,18,19,21). The number of alkyl carbamates (subject to hydrolysis) is 1. The summed E-state index contributed by atoms with van der Waals surface area (Å²) < 4.78 is 5.20. The third-order valence-corrected chi connectivity index (χ3v) is 4.17. The average molecular weight is 326 g/mol. The minimum absolute atomic E-state index is 0.388. The van der Waals surface area contributed by atoms with Gasteiger partial charge in [-0.05, 0) is 52.4 Å². The number of nitrogens with one attached hydrogen (secondary N) is 3. The SMILES string of the molecule is CCNC(=NCC1(CC)CCC1)NCCNC(=O)OC(C)(C)C. The number of carbonyl (C=O) groups is 1. The molecule has 1 amide bonds. The fraction of sp³-hybridized carbons (Fsp3) is 0.882. The number of hydrogen-bond acceptors (Lipinski definition) is 3. The highest BCUT2D eigenvalue weighted by Crippen LogP contribution is 2.43. The average Bonchev–Trinajstić information content (AvgIpc) is 2.40. The van der Waals surface area contributed by atoms with Crippen LogP contribution < -0.4 is 16.0 Å². The Balaban J connectivity index is 2.31. The van der Waals surface area contributed by atoms with Gasteiger partial charge < -0.3 is 20.7 Å². The monoisotopic (exact) mass is 326 g/mol. The fourth-order valence-corrected chi connectivity index (χ4v) is 2.55. The molecule has 0 aromatic rings. The van der Waals surface area contributed by atoms with Crippen molar-refractivity contribution in [3.05, 3.63) is 0 Å². The molecule has 1 aliphatic carbocycles. The number of amides is 1. The Morgan fingerprint density at radius 1 is 1.13 bits per heavy atom. The number of carbonyl (C=O) groups excluding carboxylic acids is 1. The maximum atomic E-state index is 11.6. The van der Waals surface area contributed by atoms with Gasteiger partial charge >= 0.3 is 6.09 Å². The van der Waals surface area contributed by atoms with Gasteiger partial charge in [-0.25, -0.2) is 4.79 Å². The molecule has 0 bridgehead atoms. The topological polar surface area (TPSA) is 74.8 Å². The van der Waals surface area contributed by atoms with Crippen LogP contribution in [0.15, 0.2) is 4.99 Å². The molecule has 0 saturated heterocycles. The van der Waals surface area contributed by atoms with Crippen LogP contribution in [-0.4, -0.2) is 43.8 Å². The second-order valence-electron chi connectivity index (χ2n) is 7.26. The van der Waals surface area contributed by atoms with E-state index in [-0.39, 0.29) is 6.09 Å². The highest BCUT2D eigenvalue weighted by molar-refractivity contribution is 5.79. The number of hydrogen-bond donors (Lipinski definition) is 3. The molecule has 0 aromatic heterocycles. The first-order valence-corrected chi connectivity index (χ1v) is 8.79. The number of guanidine groups is 1. The lowest BCUT2D eigenvalue weighted by Crippen LogP contribution is -2.43. The van der Waals surface area contributed by atoms with E-state index in [1.165, 1.54) is 25.7 Å². The lowest BCUT2D eigenvalue weighted by atomic mass is 9.67. The van der Waals surface area contributed by atoms with Crippen molar-refractivity contribution < 1.29 is 9.53 Å². The normalized spacial score (nSPS) is 17.2. The molecule has 1 fully saturated rings. The van der Waals surface area contributed by atoms with E-state index < -0.39 is 5.60 Å². The summed E-state index contributed by atoms with van der Waals surface area (Å²) in [5, 5.41) is 9.24. The Kier molecular flexibility index (Phi) is 7.65. The second-order valence-corrected chi connectivity index (χ2v) is 7.26. The third-order valence-electron chi connectivity index (χ3n) is 4.17. The van der Waals surface area contributed by atoms with E-state index in [1.54, 1.807) is 0 Å². The summed E-state index contributed by atoms with van der Waals surface area (Å²) in [5.74, 6) is 0.818. The lowest BCUT2D eigenvalue weighted by Gasteiger charge is -2.40. The zero-order valence-electron chi connectivity index (χ0n) is 15.4. The van der Waals surface area contributed by atoms with E-state index in [0.717, 1.165) is 19.0 Å². The summed E-state index contributed by atoms with van der Waals surface area (Å²) in [6.07, 6.45) is 4.70. The lowest BCUT2D eigenvalue weighted by molar-refractivity contribution is 0.0529. The highest BCUT2D eigenvalue weighted by Gasteiger charge is 2.34. The largest absolute Gasteiger partial charge is 0.444 e. The van der Waals surface area contributed by atoms with Gasteiger partial charge in [-0.1, -0.05) is 13.3 Å². The summed E-state index contributed by atoms with van der Waals surface area (Å²) >= 11 is 0. The summed E-state index contributed by atoms with van der Waals surface area (Å²) in [5.41, 5.74) is -0.0533.